The van der Waals surface area contributed by atoms with E-state index in [1.807, 2.05) is 6.08 Å². The Labute approximate surface area is 73.3 Å². The maximum absolute atomic E-state index is 6.00. The summed E-state index contributed by atoms with van der Waals surface area (Å²) in [5.41, 5.74) is 2.63. The van der Waals surface area contributed by atoms with Gasteiger partial charge in [0, 0.05) is 5.03 Å². The molecule has 0 nitrogen and oxygen atoms in total. The lowest BCUT2D eigenvalue weighted by molar-refractivity contribution is 1.12. The zero-order chi connectivity index (χ0) is 8.27. The van der Waals surface area contributed by atoms with Crippen molar-refractivity contribution in [2.45, 2.75) is 26.7 Å². The van der Waals surface area contributed by atoms with Crippen LogP contribution in [-0.4, -0.2) is 0 Å². The number of hydrogen-bond acceptors (Lipinski definition) is 0. The summed E-state index contributed by atoms with van der Waals surface area (Å²) < 4.78 is 0. The van der Waals surface area contributed by atoms with Gasteiger partial charge in [-0.1, -0.05) is 36.2 Å². The van der Waals surface area contributed by atoms with E-state index in [0.717, 1.165) is 17.9 Å². The van der Waals surface area contributed by atoms with Crippen LogP contribution < -0.4 is 0 Å². The van der Waals surface area contributed by atoms with Crippen molar-refractivity contribution < 1.29 is 0 Å². The molecule has 0 unspecified atom stereocenters. The molecule has 60 valence electrons. The SMILES string of the molecule is CCC1=C(Cl)C=CCC(C)=C1. The van der Waals surface area contributed by atoms with E-state index in [4.69, 9.17) is 11.6 Å². The Balaban J connectivity index is 2.97. The Morgan fingerprint density at radius 3 is 2.91 bits per heavy atom. The van der Waals surface area contributed by atoms with E-state index in [2.05, 4.69) is 26.0 Å². The standard InChI is InChI=1S/C10H13Cl/c1-3-9-7-8(2)5-4-6-10(9)11/h4,6-7H,3,5H2,1-2H3. The second-order valence-corrected chi connectivity index (χ2v) is 3.23. The van der Waals surface area contributed by atoms with Gasteiger partial charge in [-0.15, -0.1) is 0 Å². The second kappa shape index (κ2) is 3.77. The molecule has 0 amide bonds. The van der Waals surface area contributed by atoms with Crippen LogP contribution in [0.15, 0.2) is 34.4 Å². The van der Waals surface area contributed by atoms with Gasteiger partial charge in [-0.3, -0.25) is 0 Å². The van der Waals surface area contributed by atoms with Crippen LogP contribution in [0.5, 0.6) is 0 Å². The van der Waals surface area contributed by atoms with E-state index in [-0.39, 0.29) is 0 Å². The van der Waals surface area contributed by atoms with E-state index in [1.54, 1.807) is 0 Å². The molecule has 0 saturated carbocycles. The fourth-order valence-corrected chi connectivity index (χ4v) is 1.43. The van der Waals surface area contributed by atoms with E-state index >= 15 is 0 Å². The summed E-state index contributed by atoms with van der Waals surface area (Å²) in [4.78, 5) is 0. The molecule has 1 aliphatic rings. The maximum atomic E-state index is 6.00. The van der Waals surface area contributed by atoms with E-state index in [1.165, 1.54) is 11.1 Å². The largest absolute Gasteiger partial charge is 0.0841 e. The summed E-state index contributed by atoms with van der Waals surface area (Å²) in [7, 11) is 0. The second-order valence-electron chi connectivity index (χ2n) is 2.82. The first-order chi connectivity index (χ1) is 5.24. The van der Waals surface area contributed by atoms with Crippen LogP contribution in [0.3, 0.4) is 0 Å². The molecule has 0 saturated heterocycles. The van der Waals surface area contributed by atoms with Crippen LogP contribution in [0.25, 0.3) is 0 Å². The van der Waals surface area contributed by atoms with Crippen molar-refractivity contribution in [3.05, 3.63) is 34.4 Å². The van der Waals surface area contributed by atoms with Gasteiger partial charge in [0.05, 0.1) is 0 Å². The molecule has 0 bridgehead atoms. The van der Waals surface area contributed by atoms with E-state index < -0.39 is 0 Å². The zero-order valence-corrected chi connectivity index (χ0v) is 7.78. The fraction of sp³-hybridized carbons (Fsp3) is 0.400. The van der Waals surface area contributed by atoms with Gasteiger partial charge in [0.25, 0.3) is 0 Å². The highest BCUT2D eigenvalue weighted by atomic mass is 35.5. The summed E-state index contributed by atoms with van der Waals surface area (Å²) in [5.74, 6) is 0. The van der Waals surface area contributed by atoms with Crippen molar-refractivity contribution in [1.29, 1.82) is 0 Å². The van der Waals surface area contributed by atoms with Crippen molar-refractivity contribution >= 4 is 11.6 Å². The van der Waals surface area contributed by atoms with Gasteiger partial charge >= 0.3 is 0 Å². The minimum Gasteiger partial charge on any atom is -0.0841 e. The molecule has 1 rings (SSSR count). The number of rotatable bonds is 1. The van der Waals surface area contributed by atoms with Gasteiger partial charge in [0.2, 0.25) is 0 Å². The topological polar surface area (TPSA) is 0 Å². The Morgan fingerprint density at radius 2 is 2.27 bits per heavy atom. The van der Waals surface area contributed by atoms with Gasteiger partial charge in [0.1, 0.15) is 0 Å². The monoisotopic (exact) mass is 168 g/mol. The first kappa shape index (κ1) is 8.61. The van der Waals surface area contributed by atoms with E-state index in [9.17, 15) is 0 Å². The number of halogens is 1. The van der Waals surface area contributed by atoms with Gasteiger partial charge < -0.3 is 0 Å². The van der Waals surface area contributed by atoms with Crippen LogP contribution in [0.4, 0.5) is 0 Å². The Morgan fingerprint density at radius 1 is 1.55 bits per heavy atom. The lowest BCUT2D eigenvalue weighted by Crippen LogP contribution is -1.78. The molecule has 0 aromatic carbocycles. The molecular weight excluding hydrogens is 156 g/mol. The predicted octanol–water partition coefficient (Wildman–Crippen LogP) is 3.80. The Bertz CT molecular complexity index is 231. The van der Waals surface area contributed by atoms with Gasteiger partial charge in [-0.25, -0.2) is 0 Å². The van der Waals surface area contributed by atoms with Crippen LogP contribution in [0.2, 0.25) is 0 Å². The molecule has 0 atom stereocenters. The Hall–Kier alpha value is -0.490. The summed E-state index contributed by atoms with van der Waals surface area (Å²) in [6.45, 7) is 4.26. The van der Waals surface area contributed by atoms with Crippen molar-refractivity contribution in [1.82, 2.24) is 0 Å². The molecule has 0 spiro atoms. The van der Waals surface area contributed by atoms with Crippen molar-refractivity contribution in [3.63, 3.8) is 0 Å². The van der Waals surface area contributed by atoms with Crippen LogP contribution in [0, 0.1) is 0 Å². The van der Waals surface area contributed by atoms with Gasteiger partial charge in [0.15, 0.2) is 0 Å². The third kappa shape index (κ3) is 2.23. The molecule has 0 fully saturated rings. The maximum Gasteiger partial charge on any atom is 0.0434 e. The minimum absolute atomic E-state index is 0.893. The quantitative estimate of drug-likeness (QED) is 0.559. The first-order valence-electron chi connectivity index (χ1n) is 3.96. The van der Waals surface area contributed by atoms with Crippen LogP contribution >= 0.6 is 11.6 Å². The molecule has 0 N–H and O–H groups in total. The lowest BCUT2D eigenvalue weighted by atomic mass is 10.1. The Kier molecular flexibility index (Phi) is 2.95. The highest BCUT2D eigenvalue weighted by molar-refractivity contribution is 6.31. The molecule has 1 heteroatoms. The smallest absolute Gasteiger partial charge is 0.0434 e. The molecule has 0 radical (unpaired) electrons. The molecule has 0 heterocycles. The summed E-state index contributed by atoms with van der Waals surface area (Å²) >= 11 is 6.00. The summed E-state index contributed by atoms with van der Waals surface area (Å²) in [5, 5.41) is 0.893. The fourth-order valence-electron chi connectivity index (χ4n) is 1.15. The minimum atomic E-state index is 0.893. The molecule has 1 aliphatic carbocycles. The molecule has 0 aromatic heterocycles. The highest BCUT2D eigenvalue weighted by Crippen LogP contribution is 2.21. The zero-order valence-electron chi connectivity index (χ0n) is 7.02. The van der Waals surface area contributed by atoms with Crippen molar-refractivity contribution in [3.8, 4) is 0 Å². The molecule has 0 aliphatic heterocycles. The van der Waals surface area contributed by atoms with E-state index in [0.29, 0.717) is 0 Å². The van der Waals surface area contributed by atoms with Crippen LogP contribution in [-0.2, 0) is 0 Å². The van der Waals surface area contributed by atoms with Gasteiger partial charge in [-0.05, 0) is 31.4 Å². The lowest BCUT2D eigenvalue weighted by Gasteiger charge is -1.98. The highest BCUT2D eigenvalue weighted by Gasteiger charge is 2.00. The number of allylic oxidation sites excluding steroid dienone is 6. The van der Waals surface area contributed by atoms with Crippen molar-refractivity contribution in [2.75, 3.05) is 0 Å². The summed E-state index contributed by atoms with van der Waals surface area (Å²) in [6, 6.07) is 0. The predicted molar refractivity (Wildman–Crippen MR) is 50.7 cm³/mol. The summed E-state index contributed by atoms with van der Waals surface area (Å²) in [6.07, 6.45) is 8.33. The number of hydrogen-bond donors (Lipinski definition) is 0. The molecular formula is C10H13Cl. The third-order valence-corrected chi connectivity index (χ3v) is 2.18. The van der Waals surface area contributed by atoms with Gasteiger partial charge in [-0.2, -0.15) is 0 Å². The third-order valence-electron chi connectivity index (χ3n) is 1.81. The normalized spacial score (nSPS) is 18.3. The first-order valence-corrected chi connectivity index (χ1v) is 4.34. The van der Waals surface area contributed by atoms with Crippen LogP contribution in [0.1, 0.15) is 26.7 Å². The molecule has 0 aromatic rings. The average molecular weight is 169 g/mol. The average Bonchev–Trinajstić information content (AvgIpc) is 2.13. The van der Waals surface area contributed by atoms with Crippen molar-refractivity contribution in [2.24, 2.45) is 0 Å². The molecule has 11 heavy (non-hydrogen) atoms.